The van der Waals surface area contributed by atoms with E-state index >= 15 is 0 Å². The highest BCUT2D eigenvalue weighted by molar-refractivity contribution is 6.33. The summed E-state index contributed by atoms with van der Waals surface area (Å²) in [4.78, 5) is 0. The quantitative estimate of drug-likeness (QED) is 0.805. The normalized spacial score (nSPS) is 10.4. The molecule has 94 valence electrons. The van der Waals surface area contributed by atoms with E-state index in [2.05, 4.69) is 5.32 Å². The van der Waals surface area contributed by atoms with E-state index in [4.69, 9.17) is 23.2 Å². The number of halogens is 2. The van der Waals surface area contributed by atoms with Crippen LogP contribution in [0.3, 0.4) is 0 Å². The highest BCUT2D eigenvalue weighted by atomic mass is 35.5. The SMILES string of the molecule is Cc1cc(NCc2cc(Cl)ccc2Cl)ccc1O. The van der Waals surface area contributed by atoms with Gasteiger partial charge < -0.3 is 10.4 Å². The first-order valence-electron chi connectivity index (χ1n) is 5.53. The topological polar surface area (TPSA) is 32.3 Å². The zero-order chi connectivity index (χ0) is 13.1. The van der Waals surface area contributed by atoms with Crippen molar-refractivity contribution in [1.82, 2.24) is 0 Å². The Balaban J connectivity index is 2.11. The minimum absolute atomic E-state index is 0.293. The number of phenolic OH excluding ortho intramolecular Hbond substituents is 1. The maximum atomic E-state index is 9.44. The second-order valence-electron chi connectivity index (χ2n) is 4.09. The van der Waals surface area contributed by atoms with E-state index in [1.807, 2.05) is 25.1 Å². The molecule has 0 aromatic heterocycles. The van der Waals surface area contributed by atoms with Crippen LogP contribution in [0.4, 0.5) is 5.69 Å². The molecule has 0 heterocycles. The van der Waals surface area contributed by atoms with Gasteiger partial charge in [0.25, 0.3) is 0 Å². The molecule has 2 aromatic carbocycles. The second-order valence-corrected chi connectivity index (χ2v) is 4.93. The van der Waals surface area contributed by atoms with Gasteiger partial charge in [0.15, 0.2) is 0 Å². The fraction of sp³-hybridized carbons (Fsp3) is 0.143. The van der Waals surface area contributed by atoms with Crippen molar-refractivity contribution >= 4 is 28.9 Å². The van der Waals surface area contributed by atoms with Gasteiger partial charge in [-0.05, 0) is 54.4 Å². The van der Waals surface area contributed by atoms with E-state index in [0.29, 0.717) is 22.3 Å². The number of anilines is 1. The Bertz CT molecular complexity index is 570. The molecule has 4 heteroatoms. The molecule has 0 aliphatic rings. The van der Waals surface area contributed by atoms with Crippen LogP contribution in [-0.2, 0) is 6.54 Å². The van der Waals surface area contributed by atoms with Crippen molar-refractivity contribution in [3.63, 3.8) is 0 Å². The number of phenols is 1. The van der Waals surface area contributed by atoms with E-state index in [1.54, 1.807) is 18.2 Å². The molecule has 0 radical (unpaired) electrons. The van der Waals surface area contributed by atoms with Gasteiger partial charge in [0, 0.05) is 22.3 Å². The van der Waals surface area contributed by atoms with Crippen molar-refractivity contribution in [2.24, 2.45) is 0 Å². The summed E-state index contributed by atoms with van der Waals surface area (Å²) in [7, 11) is 0. The fourth-order valence-electron chi connectivity index (χ4n) is 1.64. The molecule has 2 N–H and O–H groups in total. The van der Waals surface area contributed by atoms with Crippen LogP contribution in [0, 0.1) is 6.92 Å². The Morgan fingerprint density at radius 1 is 1.11 bits per heavy atom. The van der Waals surface area contributed by atoms with Crippen LogP contribution >= 0.6 is 23.2 Å². The largest absolute Gasteiger partial charge is 0.508 e. The fourth-order valence-corrected chi connectivity index (χ4v) is 2.02. The van der Waals surface area contributed by atoms with E-state index in [1.165, 1.54) is 0 Å². The first-order chi connectivity index (χ1) is 8.56. The van der Waals surface area contributed by atoms with Crippen LogP contribution < -0.4 is 5.32 Å². The zero-order valence-corrected chi connectivity index (χ0v) is 11.4. The highest BCUT2D eigenvalue weighted by Gasteiger charge is 2.02. The molecule has 0 saturated carbocycles. The van der Waals surface area contributed by atoms with Crippen molar-refractivity contribution in [3.8, 4) is 5.75 Å². The molecule has 2 rings (SSSR count). The van der Waals surface area contributed by atoms with Gasteiger partial charge in [-0.3, -0.25) is 0 Å². The second kappa shape index (κ2) is 5.51. The molecule has 2 aromatic rings. The smallest absolute Gasteiger partial charge is 0.118 e. The third-order valence-corrected chi connectivity index (χ3v) is 3.29. The number of aryl methyl sites for hydroxylation is 1. The van der Waals surface area contributed by atoms with E-state index in [0.717, 1.165) is 16.8 Å². The number of nitrogens with one attached hydrogen (secondary N) is 1. The molecule has 2 nitrogen and oxygen atoms in total. The molecule has 18 heavy (non-hydrogen) atoms. The summed E-state index contributed by atoms with van der Waals surface area (Å²) in [5.74, 6) is 0.293. The molecular formula is C14H13Cl2NO. The Hall–Kier alpha value is -1.38. The van der Waals surface area contributed by atoms with Gasteiger partial charge >= 0.3 is 0 Å². The number of hydrogen-bond acceptors (Lipinski definition) is 2. The molecule has 0 bridgehead atoms. The Morgan fingerprint density at radius 3 is 2.61 bits per heavy atom. The summed E-state index contributed by atoms with van der Waals surface area (Å²) < 4.78 is 0. The van der Waals surface area contributed by atoms with Gasteiger partial charge in [-0.2, -0.15) is 0 Å². The first-order valence-corrected chi connectivity index (χ1v) is 6.29. The Morgan fingerprint density at radius 2 is 1.89 bits per heavy atom. The van der Waals surface area contributed by atoms with Crippen molar-refractivity contribution in [3.05, 3.63) is 57.6 Å². The highest BCUT2D eigenvalue weighted by Crippen LogP contribution is 2.23. The van der Waals surface area contributed by atoms with Crippen LogP contribution in [0.1, 0.15) is 11.1 Å². The standard InChI is InChI=1S/C14H13Cl2NO/c1-9-6-12(3-5-14(9)18)17-8-10-7-11(15)2-4-13(10)16/h2-7,17-18H,8H2,1H3. The Kier molecular flexibility index (Phi) is 4.00. The lowest BCUT2D eigenvalue weighted by atomic mass is 10.2. The summed E-state index contributed by atoms with van der Waals surface area (Å²) in [6.07, 6.45) is 0. The predicted molar refractivity (Wildman–Crippen MR) is 76.6 cm³/mol. The molecule has 0 aliphatic carbocycles. The lowest BCUT2D eigenvalue weighted by Gasteiger charge is -2.09. The van der Waals surface area contributed by atoms with Gasteiger partial charge in [-0.15, -0.1) is 0 Å². The van der Waals surface area contributed by atoms with Gasteiger partial charge in [0.05, 0.1) is 0 Å². The van der Waals surface area contributed by atoms with Crippen LogP contribution in [0.15, 0.2) is 36.4 Å². The average Bonchev–Trinajstić information content (AvgIpc) is 2.34. The molecule has 0 fully saturated rings. The van der Waals surface area contributed by atoms with Gasteiger partial charge in [0.1, 0.15) is 5.75 Å². The molecule has 0 amide bonds. The first kappa shape index (κ1) is 13.1. The number of aromatic hydroxyl groups is 1. The molecular weight excluding hydrogens is 269 g/mol. The van der Waals surface area contributed by atoms with Crippen molar-refractivity contribution in [1.29, 1.82) is 0 Å². The summed E-state index contributed by atoms with van der Waals surface area (Å²) >= 11 is 12.0. The van der Waals surface area contributed by atoms with Crippen molar-refractivity contribution in [2.45, 2.75) is 13.5 Å². The van der Waals surface area contributed by atoms with Crippen molar-refractivity contribution < 1.29 is 5.11 Å². The van der Waals surface area contributed by atoms with Gasteiger partial charge in [-0.25, -0.2) is 0 Å². The van der Waals surface area contributed by atoms with Crippen LogP contribution in [0.25, 0.3) is 0 Å². The number of benzene rings is 2. The van der Waals surface area contributed by atoms with E-state index in [-0.39, 0.29) is 0 Å². The van der Waals surface area contributed by atoms with Crippen LogP contribution in [-0.4, -0.2) is 5.11 Å². The van der Waals surface area contributed by atoms with Gasteiger partial charge in [-0.1, -0.05) is 23.2 Å². The maximum absolute atomic E-state index is 9.44. The zero-order valence-electron chi connectivity index (χ0n) is 9.87. The number of rotatable bonds is 3. The maximum Gasteiger partial charge on any atom is 0.118 e. The lowest BCUT2D eigenvalue weighted by Crippen LogP contribution is -2.00. The lowest BCUT2D eigenvalue weighted by molar-refractivity contribution is 0.471. The monoisotopic (exact) mass is 281 g/mol. The Labute approximate surface area is 116 Å². The summed E-state index contributed by atoms with van der Waals surface area (Å²) in [6.45, 7) is 2.44. The minimum Gasteiger partial charge on any atom is -0.508 e. The number of hydrogen-bond donors (Lipinski definition) is 2. The summed E-state index contributed by atoms with van der Waals surface area (Å²) in [5.41, 5.74) is 2.70. The third kappa shape index (κ3) is 3.09. The molecule has 0 saturated heterocycles. The average molecular weight is 282 g/mol. The summed E-state index contributed by atoms with van der Waals surface area (Å²) in [6, 6.07) is 10.7. The van der Waals surface area contributed by atoms with Crippen molar-refractivity contribution in [2.75, 3.05) is 5.32 Å². The van der Waals surface area contributed by atoms with E-state index < -0.39 is 0 Å². The van der Waals surface area contributed by atoms with Gasteiger partial charge in [0.2, 0.25) is 0 Å². The molecule has 0 spiro atoms. The molecule has 0 atom stereocenters. The molecule has 0 unspecified atom stereocenters. The summed E-state index contributed by atoms with van der Waals surface area (Å²) in [5, 5.41) is 14.0. The predicted octanol–water partition coefficient (Wildman–Crippen LogP) is 4.62. The third-order valence-electron chi connectivity index (χ3n) is 2.69. The minimum atomic E-state index is 0.293. The van der Waals surface area contributed by atoms with E-state index in [9.17, 15) is 5.11 Å². The van der Waals surface area contributed by atoms with Crippen LogP contribution in [0.2, 0.25) is 10.0 Å². The van der Waals surface area contributed by atoms with Crippen LogP contribution in [0.5, 0.6) is 5.75 Å². The molecule has 0 aliphatic heterocycles.